The summed E-state index contributed by atoms with van der Waals surface area (Å²) in [5.74, 6) is 0.567. The highest BCUT2D eigenvalue weighted by molar-refractivity contribution is 6.33. The van der Waals surface area contributed by atoms with E-state index >= 15 is 0 Å². The molecular weight excluding hydrogens is 528 g/mol. The Balaban J connectivity index is 1.48. The molecule has 0 unspecified atom stereocenters. The molecule has 1 aliphatic rings. The van der Waals surface area contributed by atoms with Crippen LogP contribution in [0.1, 0.15) is 18.9 Å². The molecule has 0 bridgehead atoms. The standard InChI is InChI=1S/C29H33ClN8O2/c1-6-26(39)33-22-14-23(25(40-5)15-24(22)37(4)12-11-36(2)3)34-29-32-17-21(30)27(35-29)19-13-18-9-10-38(20-7-8-20)28(18)31-16-19/h6,9-10,13-17,20H,1,7-8,11-12H2,2-5H3,(H,33,39)(H,32,34,35). The number of benzene rings is 1. The Hall–Kier alpha value is -4.15. The molecule has 1 amide bonds. The smallest absolute Gasteiger partial charge is 0.247 e. The van der Waals surface area contributed by atoms with E-state index in [0.717, 1.165) is 35.4 Å². The van der Waals surface area contributed by atoms with Crippen LogP contribution in [0.15, 0.2) is 55.5 Å². The highest BCUT2D eigenvalue weighted by Gasteiger charge is 2.25. The lowest BCUT2D eigenvalue weighted by Gasteiger charge is -2.26. The van der Waals surface area contributed by atoms with Crippen LogP contribution in [0.25, 0.3) is 22.3 Å². The number of ether oxygens (including phenoxy) is 1. The quantitative estimate of drug-likeness (QED) is 0.237. The Morgan fingerprint density at radius 2 is 1.98 bits per heavy atom. The zero-order chi connectivity index (χ0) is 28.4. The van der Waals surface area contributed by atoms with E-state index in [4.69, 9.17) is 26.3 Å². The molecule has 1 aromatic carbocycles. The first kappa shape index (κ1) is 27.4. The van der Waals surface area contributed by atoms with E-state index in [9.17, 15) is 4.79 Å². The molecule has 1 fully saturated rings. The molecule has 1 aliphatic carbocycles. The van der Waals surface area contributed by atoms with Crippen molar-refractivity contribution in [1.29, 1.82) is 0 Å². The summed E-state index contributed by atoms with van der Waals surface area (Å²) >= 11 is 6.54. The van der Waals surface area contributed by atoms with E-state index in [1.807, 2.05) is 33.3 Å². The van der Waals surface area contributed by atoms with E-state index < -0.39 is 0 Å². The van der Waals surface area contributed by atoms with E-state index in [1.54, 1.807) is 25.6 Å². The number of carbonyl (C=O) groups excluding carboxylic acids is 1. The molecule has 1 saturated carbocycles. The molecule has 0 spiro atoms. The number of nitrogens with zero attached hydrogens (tertiary/aromatic N) is 6. The zero-order valence-electron chi connectivity index (χ0n) is 23.1. The normalized spacial score (nSPS) is 12.9. The van der Waals surface area contributed by atoms with Crippen molar-refractivity contribution in [3.8, 4) is 17.0 Å². The van der Waals surface area contributed by atoms with Crippen LogP contribution in [0.5, 0.6) is 5.75 Å². The van der Waals surface area contributed by atoms with Crippen LogP contribution in [-0.2, 0) is 4.79 Å². The minimum absolute atomic E-state index is 0.318. The maximum absolute atomic E-state index is 12.3. The number of amides is 1. The SMILES string of the molecule is C=CC(=O)Nc1cc(Nc2ncc(Cl)c(-c3cnc4c(ccn4C4CC4)c3)n2)c(OC)cc1N(C)CCN(C)C. The van der Waals surface area contributed by atoms with Gasteiger partial charge in [-0.2, -0.15) is 0 Å². The number of hydrogen-bond donors (Lipinski definition) is 2. The van der Waals surface area contributed by atoms with Crippen molar-refractivity contribution in [2.45, 2.75) is 18.9 Å². The van der Waals surface area contributed by atoms with Gasteiger partial charge in [-0.05, 0) is 51.2 Å². The molecule has 2 N–H and O–H groups in total. The first-order chi connectivity index (χ1) is 19.3. The number of hydrogen-bond acceptors (Lipinski definition) is 8. The number of carbonyl (C=O) groups is 1. The van der Waals surface area contributed by atoms with Crippen LogP contribution in [0.3, 0.4) is 0 Å². The molecule has 11 heteroatoms. The van der Waals surface area contributed by atoms with Crippen molar-refractivity contribution < 1.29 is 9.53 Å². The van der Waals surface area contributed by atoms with Gasteiger partial charge in [0, 0.05) is 55.6 Å². The van der Waals surface area contributed by atoms with Crippen LogP contribution in [-0.4, -0.2) is 71.7 Å². The lowest BCUT2D eigenvalue weighted by Crippen LogP contribution is -2.29. The Labute approximate surface area is 238 Å². The van der Waals surface area contributed by atoms with Crippen LogP contribution in [0, 0.1) is 0 Å². The van der Waals surface area contributed by atoms with E-state index in [0.29, 0.717) is 39.8 Å². The first-order valence-corrected chi connectivity index (χ1v) is 13.4. The molecule has 10 nitrogen and oxygen atoms in total. The Bertz CT molecular complexity index is 1560. The van der Waals surface area contributed by atoms with Crippen molar-refractivity contribution in [2.75, 3.05) is 56.9 Å². The first-order valence-electron chi connectivity index (χ1n) is 13.0. The highest BCUT2D eigenvalue weighted by Crippen LogP contribution is 2.39. The lowest BCUT2D eigenvalue weighted by atomic mass is 10.1. The van der Waals surface area contributed by atoms with Crippen LogP contribution < -0.4 is 20.3 Å². The fourth-order valence-corrected chi connectivity index (χ4v) is 4.68. The molecule has 3 aromatic heterocycles. The number of rotatable bonds is 11. The number of methoxy groups -OCH3 is 1. The summed E-state index contributed by atoms with van der Waals surface area (Å²) in [5.41, 5.74) is 4.29. The minimum atomic E-state index is -0.318. The number of fused-ring (bicyclic) bond motifs is 1. The van der Waals surface area contributed by atoms with Crippen LogP contribution in [0.2, 0.25) is 5.02 Å². The summed E-state index contributed by atoms with van der Waals surface area (Å²) in [6.45, 7) is 5.16. The van der Waals surface area contributed by atoms with Gasteiger partial charge in [0.15, 0.2) is 0 Å². The second-order valence-corrected chi connectivity index (χ2v) is 10.5. The second kappa shape index (κ2) is 11.5. The molecule has 208 valence electrons. The van der Waals surface area contributed by atoms with Crippen molar-refractivity contribution in [2.24, 2.45) is 0 Å². The number of nitrogens with one attached hydrogen (secondary N) is 2. The average Bonchev–Trinajstić information content (AvgIpc) is 3.71. The number of anilines is 4. The topological polar surface area (TPSA) is 100 Å². The number of pyridine rings is 1. The molecular formula is C29H33ClN8O2. The molecule has 4 aromatic rings. The molecule has 40 heavy (non-hydrogen) atoms. The third-order valence-corrected chi connectivity index (χ3v) is 7.09. The lowest BCUT2D eigenvalue weighted by molar-refractivity contribution is -0.111. The summed E-state index contributed by atoms with van der Waals surface area (Å²) < 4.78 is 7.93. The van der Waals surface area contributed by atoms with Crippen LogP contribution in [0.4, 0.5) is 23.0 Å². The largest absolute Gasteiger partial charge is 0.494 e. The third kappa shape index (κ3) is 5.88. The summed E-state index contributed by atoms with van der Waals surface area (Å²) in [5, 5.41) is 7.59. The zero-order valence-corrected chi connectivity index (χ0v) is 23.9. The van der Waals surface area contributed by atoms with Crippen molar-refractivity contribution >= 4 is 51.6 Å². The minimum Gasteiger partial charge on any atom is -0.494 e. The molecule has 0 saturated heterocycles. The van der Waals surface area contributed by atoms with Gasteiger partial charge < -0.3 is 29.7 Å². The van der Waals surface area contributed by atoms with Crippen molar-refractivity contribution in [3.05, 3.63) is 60.5 Å². The summed E-state index contributed by atoms with van der Waals surface area (Å²) in [6, 6.07) is 8.33. The molecule has 5 rings (SSSR count). The van der Waals surface area contributed by atoms with Gasteiger partial charge in [0.25, 0.3) is 0 Å². The number of halogens is 1. The summed E-state index contributed by atoms with van der Waals surface area (Å²) in [4.78, 5) is 30.2. The molecule has 3 heterocycles. The maximum Gasteiger partial charge on any atom is 0.247 e. The Morgan fingerprint density at radius 3 is 2.67 bits per heavy atom. The predicted molar refractivity (Wildman–Crippen MR) is 161 cm³/mol. The fourth-order valence-electron chi connectivity index (χ4n) is 4.48. The number of aromatic nitrogens is 4. The van der Waals surface area contributed by atoms with Crippen molar-refractivity contribution in [3.63, 3.8) is 0 Å². The number of likely N-dealkylation sites (N-methyl/N-ethyl adjacent to an activating group) is 2. The maximum atomic E-state index is 12.3. The fraction of sp³-hybridized carbons (Fsp3) is 0.310. The predicted octanol–water partition coefficient (Wildman–Crippen LogP) is 5.36. The van der Waals surface area contributed by atoms with Gasteiger partial charge in [-0.15, -0.1) is 0 Å². The Morgan fingerprint density at radius 1 is 1.18 bits per heavy atom. The van der Waals surface area contributed by atoms with E-state index in [2.05, 4.69) is 48.8 Å². The summed E-state index contributed by atoms with van der Waals surface area (Å²) in [7, 11) is 7.59. The van der Waals surface area contributed by atoms with Gasteiger partial charge in [0.05, 0.1) is 41.1 Å². The van der Waals surface area contributed by atoms with Crippen LogP contribution >= 0.6 is 11.6 Å². The highest BCUT2D eigenvalue weighted by atomic mass is 35.5. The molecule has 0 radical (unpaired) electrons. The van der Waals surface area contributed by atoms with Gasteiger partial charge in [-0.25, -0.2) is 15.0 Å². The van der Waals surface area contributed by atoms with Gasteiger partial charge in [-0.1, -0.05) is 18.2 Å². The van der Waals surface area contributed by atoms with E-state index in [1.165, 1.54) is 18.9 Å². The van der Waals surface area contributed by atoms with E-state index in [-0.39, 0.29) is 5.91 Å². The van der Waals surface area contributed by atoms with Gasteiger partial charge in [0.1, 0.15) is 11.4 Å². The average molecular weight is 561 g/mol. The Kier molecular flexibility index (Phi) is 7.90. The monoisotopic (exact) mass is 560 g/mol. The van der Waals surface area contributed by atoms with Gasteiger partial charge in [0.2, 0.25) is 11.9 Å². The third-order valence-electron chi connectivity index (χ3n) is 6.81. The molecule has 0 atom stereocenters. The van der Waals surface area contributed by atoms with Gasteiger partial charge >= 0.3 is 0 Å². The summed E-state index contributed by atoms with van der Waals surface area (Å²) in [6.07, 6.45) is 9.05. The second-order valence-electron chi connectivity index (χ2n) is 10.1. The molecule has 0 aliphatic heterocycles. The van der Waals surface area contributed by atoms with Crippen molar-refractivity contribution in [1.82, 2.24) is 24.4 Å². The van der Waals surface area contributed by atoms with Gasteiger partial charge in [-0.3, -0.25) is 4.79 Å².